The van der Waals surface area contributed by atoms with Crippen molar-refractivity contribution in [3.8, 4) is 0 Å². The van der Waals surface area contributed by atoms with Crippen molar-refractivity contribution in [3.63, 3.8) is 0 Å². The zero-order valence-electron chi connectivity index (χ0n) is 28.1. The fourth-order valence-corrected chi connectivity index (χ4v) is 6.01. The summed E-state index contributed by atoms with van der Waals surface area (Å²) in [6, 6.07) is 14.1. The van der Waals surface area contributed by atoms with E-state index in [0.717, 1.165) is 56.3 Å². The number of benzene rings is 2. The van der Waals surface area contributed by atoms with Gasteiger partial charge in [0.2, 0.25) is 0 Å². The minimum atomic E-state index is 0.983. The molecule has 0 saturated carbocycles. The molecule has 0 aromatic heterocycles. The molecule has 0 aliphatic rings. The molecule has 0 amide bonds. The molecule has 42 heavy (non-hydrogen) atoms. The Balaban J connectivity index is 2.63. The van der Waals surface area contributed by atoms with Crippen LogP contribution in [0.5, 0.6) is 0 Å². The maximum atomic E-state index is 5.89. The van der Waals surface area contributed by atoms with Crippen LogP contribution in [0.25, 0.3) is 0 Å². The number of rotatable bonds is 22. The molecular formula is C39H62N2Ni+. The third kappa shape index (κ3) is 12.5. The van der Waals surface area contributed by atoms with Gasteiger partial charge >= 0.3 is 269 Å². The van der Waals surface area contributed by atoms with Gasteiger partial charge in [0.1, 0.15) is 0 Å². The molecule has 2 rings (SSSR count). The van der Waals surface area contributed by atoms with Crippen LogP contribution in [-0.2, 0) is 41.4 Å². The van der Waals surface area contributed by atoms with Gasteiger partial charge in [-0.1, -0.05) is 0 Å². The average molecular weight is 618 g/mol. The monoisotopic (exact) mass is 616 g/mol. The van der Waals surface area contributed by atoms with Crippen molar-refractivity contribution >= 4 is 22.8 Å². The van der Waals surface area contributed by atoms with Gasteiger partial charge in [0.25, 0.3) is 0 Å². The van der Waals surface area contributed by atoms with Gasteiger partial charge < -0.3 is 0 Å². The van der Waals surface area contributed by atoms with Gasteiger partial charge in [0, 0.05) is 0 Å². The van der Waals surface area contributed by atoms with Gasteiger partial charge in [0.15, 0.2) is 0 Å². The van der Waals surface area contributed by atoms with Gasteiger partial charge in [-0.3, -0.25) is 0 Å². The van der Waals surface area contributed by atoms with E-state index < -0.39 is 0 Å². The third-order valence-electron chi connectivity index (χ3n) is 8.39. The Labute approximate surface area is 268 Å². The van der Waals surface area contributed by atoms with Crippen LogP contribution in [0.2, 0.25) is 0 Å². The molecule has 0 radical (unpaired) electrons. The first-order valence-corrected chi connectivity index (χ1v) is 18.1. The van der Waals surface area contributed by atoms with Crippen molar-refractivity contribution in [3.05, 3.63) is 58.7 Å². The number of aliphatic imine (C=N–C) groups is 1. The summed E-state index contributed by atoms with van der Waals surface area (Å²) in [6.45, 7) is 13.7. The molecule has 0 aliphatic carbocycles. The molecule has 0 bridgehead atoms. The normalized spacial score (nSPS) is 12.6. The van der Waals surface area contributed by atoms with E-state index in [1.165, 1.54) is 111 Å². The average Bonchev–Trinajstić information content (AvgIpc) is 3.01. The number of unbranched alkanes of at least 4 members (excludes halogenated alkanes) is 7. The van der Waals surface area contributed by atoms with Crippen LogP contribution < -0.4 is 0 Å². The zero-order valence-corrected chi connectivity index (χ0v) is 29.1. The quantitative estimate of drug-likeness (QED) is 0.0710. The molecular weight excluding hydrogens is 555 g/mol. The summed E-state index contributed by atoms with van der Waals surface area (Å²) in [4.78, 5) is 5.42. The Kier molecular flexibility index (Phi) is 19.0. The van der Waals surface area contributed by atoms with E-state index in [4.69, 9.17) is 20.7 Å². The first kappa shape index (κ1) is 36.5. The van der Waals surface area contributed by atoms with Crippen molar-refractivity contribution in [1.82, 2.24) is 0 Å². The summed E-state index contributed by atoms with van der Waals surface area (Å²) in [6.07, 6.45) is 22.4. The van der Waals surface area contributed by atoms with E-state index in [-0.39, 0.29) is 0 Å². The maximum absolute atomic E-state index is 5.89. The SMILES string of the molecule is CCCCCC(C(CCCC)=Nc1ccc(CCCC)c(CCCC)c1)=[N+]([Ni])c1ccc(CCCC)c(CCCC)c1. The molecule has 0 aliphatic heterocycles. The summed E-state index contributed by atoms with van der Waals surface area (Å²) in [5.41, 5.74) is 10.7. The predicted molar refractivity (Wildman–Crippen MR) is 183 cm³/mol. The van der Waals surface area contributed by atoms with Crippen LogP contribution in [0.1, 0.15) is 160 Å². The van der Waals surface area contributed by atoms with Crippen molar-refractivity contribution in [2.24, 2.45) is 4.99 Å². The van der Waals surface area contributed by atoms with Gasteiger partial charge in [-0.15, -0.1) is 0 Å². The van der Waals surface area contributed by atoms with E-state index in [1.54, 1.807) is 0 Å². The molecule has 0 fully saturated rings. The Morgan fingerprint density at radius 1 is 0.548 bits per heavy atom. The summed E-state index contributed by atoms with van der Waals surface area (Å²) >= 11 is 5.89. The van der Waals surface area contributed by atoms with E-state index in [1.807, 2.05) is 0 Å². The molecule has 2 nitrogen and oxygen atoms in total. The van der Waals surface area contributed by atoms with Gasteiger partial charge in [-0.25, -0.2) is 0 Å². The Morgan fingerprint density at radius 2 is 1.05 bits per heavy atom. The van der Waals surface area contributed by atoms with Crippen molar-refractivity contribution in [2.75, 3.05) is 0 Å². The summed E-state index contributed by atoms with van der Waals surface area (Å²) in [7, 11) is 0. The number of hydrogen-bond acceptors (Lipinski definition) is 1. The molecule has 2 aromatic carbocycles. The fraction of sp³-hybridized carbons (Fsp3) is 0.641. The molecule has 237 valence electrons. The van der Waals surface area contributed by atoms with Crippen LogP contribution in [0.15, 0.2) is 41.4 Å². The molecule has 2 aromatic rings. The fourth-order valence-electron chi connectivity index (χ4n) is 5.63. The molecule has 0 heterocycles. The minimum absolute atomic E-state index is 0.983. The topological polar surface area (TPSA) is 15.4 Å². The third-order valence-corrected chi connectivity index (χ3v) is 8.91. The number of aryl methyl sites for hydroxylation is 4. The van der Waals surface area contributed by atoms with Crippen molar-refractivity contribution in [2.45, 2.75) is 164 Å². The van der Waals surface area contributed by atoms with Crippen molar-refractivity contribution < 1.29 is 19.3 Å². The Hall–Kier alpha value is -1.73. The molecule has 0 atom stereocenters. The molecule has 0 N–H and O–H groups in total. The van der Waals surface area contributed by atoms with Gasteiger partial charge in [0.05, 0.1) is 0 Å². The van der Waals surface area contributed by atoms with Crippen LogP contribution in [0, 0.1) is 0 Å². The van der Waals surface area contributed by atoms with Crippen LogP contribution in [0.3, 0.4) is 0 Å². The van der Waals surface area contributed by atoms with E-state index >= 15 is 0 Å². The standard InChI is InChI=1S/C39H62N2.Ni/c1-7-13-19-25-39(41-37-29-27-33(21-15-9-3)35(31-37)23-17-11-5)38(24-18-12-6)40-36-28-26-32(20-14-8-2)34(30-36)22-16-10-4;/h26-31H,7-25H2,1-6H3;/q;+1. The molecule has 3 heteroatoms. The van der Waals surface area contributed by atoms with Crippen LogP contribution in [-0.4, -0.2) is 15.1 Å². The molecule has 0 unspecified atom stereocenters. The summed E-state index contributed by atoms with van der Waals surface area (Å²) < 4.78 is 2.12. The van der Waals surface area contributed by atoms with Crippen molar-refractivity contribution in [1.29, 1.82) is 0 Å². The van der Waals surface area contributed by atoms with E-state index in [0.29, 0.717) is 0 Å². The zero-order chi connectivity index (χ0) is 30.6. The summed E-state index contributed by atoms with van der Waals surface area (Å²) in [5, 5.41) is 0. The second-order valence-electron chi connectivity index (χ2n) is 12.1. The Morgan fingerprint density at radius 3 is 1.60 bits per heavy atom. The van der Waals surface area contributed by atoms with E-state index in [9.17, 15) is 0 Å². The number of hydrogen-bond donors (Lipinski definition) is 0. The molecule has 0 saturated heterocycles. The second-order valence-corrected chi connectivity index (χ2v) is 12.6. The summed E-state index contributed by atoms with van der Waals surface area (Å²) in [5.74, 6) is 0. The second kappa shape index (κ2) is 21.9. The van der Waals surface area contributed by atoms with Crippen LogP contribution >= 0.6 is 0 Å². The first-order valence-electron chi connectivity index (χ1n) is 17.6. The van der Waals surface area contributed by atoms with Gasteiger partial charge in [-0.05, 0) is 0 Å². The molecule has 0 spiro atoms. The predicted octanol–water partition coefficient (Wildman–Crippen LogP) is 12.1. The number of nitrogens with zero attached hydrogens (tertiary/aromatic N) is 2. The van der Waals surface area contributed by atoms with Gasteiger partial charge in [-0.2, -0.15) is 0 Å². The first-order chi connectivity index (χ1) is 20.5. The van der Waals surface area contributed by atoms with Crippen LogP contribution in [0.4, 0.5) is 11.4 Å². The van der Waals surface area contributed by atoms with E-state index in [2.05, 4.69) is 81.6 Å². The Bertz CT molecular complexity index is 1100.